The first-order chi connectivity index (χ1) is 8.60. The Bertz CT molecular complexity index is 411. The molecule has 4 heteroatoms. The highest BCUT2D eigenvalue weighted by Gasteiger charge is 2.23. The number of rotatable bonds is 3. The molecule has 2 atom stereocenters. The van der Waals surface area contributed by atoms with Crippen molar-refractivity contribution in [3.63, 3.8) is 0 Å². The van der Waals surface area contributed by atoms with Gasteiger partial charge in [-0.1, -0.05) is 22.0 Å². The Kier molecular flexibility index (Phi) is 4.65. The van der Waals surface area contributed by atoms with E-state index in [9.17, 15) is 0 Å². The van der Waals surface area contributed by atoms with E-state index in [0.717, 1.165) is 24.0 Å². The number of piperazine rings is 1. The second-order valence-electron chi connectivity index (χ2n) is 5.12. The van der Waals surface area contributed by atoms with Crippen molar-refractivity contribution >= 4 is 21.6 Å². The first kappa shape index (κ1) is 13.8. The molecule has 2 unspecified atom stereocenters. The molecule has 3 nitrogen and oxygen atoms in total. The Morgan fingerprint density at radius 3 is 2.89 bits per heavy atom. The molecule has 1 aliphatic heterocycles. The highest BCUT2D eigenvalue weighted by molar-refractivity contribution is 9.10. The maximum atomic E-state index is 9.08. The molecule has 2 N–H and O–H groups in total. The molecule has 0 aromatic heterocycles. The van der Waals surface area contributed by atoms with Crippen LogP contribution in [0.2, 0.25) is 0 Å². The summed E-state index contributed by atoms with van der Waals surface area (Å²) >= 11 is 3.59. The van der Waals surface area contributed by atoms with Crippen molar-refractivity contribution in [2.45, 2.75) is 32.4 Å². The van der Waals surface area contributed by atoms with Gasteiger partial charge in [-0.25, -0.2) is 0 Å². The molecule has 0 aliphatic carbocycles. The smallest absolute Gasteiger partial charge is 0.0446 e. The van der Waals surface area contributed by atoms with Crippen molar-refractivity contribution in [3.05, 3.63) is 28.2 Å². The highest BCUT2D eigenvalue weighted by Crippen LogP contribution is 2.25. The monoisotopic (exact) mass is 312 g/mol. The normalized spacial score (nSPS) is 24.3. The summed E-state index contributed by atoms with van der Waals surface area (Å²) in [6.07, 6.45) is 0.813. The summed E-state index contributed by atoms with van der Waals surface area (Å²) in [5, 5.41) is 12.6. The maximum Gasteiger partial charge on any atom is 0.0446 e. The predicted octanol–water partition coefficient (Wildman–Crippen LogP) is 2.31. The lowest BCUT2D eigenvalue weighted by atomic mass is 10.1. The first-order valence-electron chi connectivity index (χ1n) is 6.48. The molecule has 0 amide bonds. The summed E-state index contributed by atoms with van der Waals surface area (Å²) < 4.78 is 1.16. The minimum absolute atomic E-state index is 0.246. The average molecular weight is 313 g/mol. The van der Waals surface area contributed by atoms with Crippen molar-refractivity contribution in [1.29, 1.82) is 0 Å². The Morgan fingerprint density at radius 1 is 1.44 bits per heavy atom. The van der Waals surface area contributed by atoms with Crippen LogP contribution in [0.25, 0.3) is 0 Å². The highest BCUT2D eigenvalue weighted by atomic mass is 79.9. The van der Waals surface area contributed by atoms with Gasteiger partial charge in [0.2, 0.25) is 0 Å². The van der Waals surface area contributed by atoms with E-state index in [2.05, 4.69) is 58.2 Å². The van der Waals surface area contributed by atoms with E-state index in [0.29, 0.717) is 12.1 Å². The number of anilines is 1. The molecule has 1 fully saturated rings. The van der Waals surface area contributed by atoms with Crippen molar-refractivity contribution in [1.82, 2.24) is 5.32 Å². The van der Waals surface area contributed by atoms with Gasteiger partial charge in [-0.2, -0.15) is 0 Å². The van der Waals surface area contributed by atoms with Gasteiger partial charge in [-0.15, -0.1) is 0 Å². The van der Waals surface area contributed by atoms with Gasteiger partial charge < -0.3 is 15.3 Å². The van der Waals surface area contributed by atoms with Gasteiger partial charge in [0.05, 0.1) is 0 Å². The van der Waals surface area contributed by atoms with Crippen LogP contribution in [-0.2, 0) is 0 Å². The zero-order valence-electron chi connectivity index (χ0n) is 11.0. The van der Waals surface area contributed by atoms with Gasteiger partial charge in [0.15, 0.2) is 0 Å². The summed E-state index contributed by atoms with van der Waals surface area (Å²) in [4.78, 5) is 2.39. The van der Waals surface area contributed by atoms with E-state index < -0.39 is 0 Å². The minimum Gasteiger partial charge on any atom is -0.396 e. The third kappa shape index (κ3) is 3.25. The lowest BCUT2D eigenvalue weighted by molar-refractivity contribution is 0.250. The summed E-state index contributed by atoms with van der Waals surface area (Å²) in [7, 11) is 0. The van der Waals surface area contributed by atoms with Crippen LogP contribution in [0.4, 0.5) is 5.69 Å². The van der Waals surface area contributed by atoms with E-state index in [4.69, 9.17) is 5.11 Å². The fourth-order valence-corrected chi connectivity index (χ4v) is 2.87. The van der Waals surface area contributed by atoms with Crippen LogP contribution in [0, 0.1) is 6.92 Å². The molecule has 1 aliphatic rings. The van der Waals surface area contributed by atoms with Crippen molar-refractivity contribution in [2.24, 2.45) is 0 Å². The second kappa shape index (κ2) is 6.04. The zero-order valence-corrected chi connectivity index (χ0v) is 12.6. The fraction of sp³-hybridized carbons (Fsp3) is 0.571. The second-order valence-corrected chi connectivity index (χ2v) is 5.97. The van der Waals surface area contributed by atoms with Crippen LogP contribution in [0.5, 0.6) is 0 Å². The van der Waals surface area contributed by atoms with Crippen LogP contribution in [0.1, 0.15) is 18.9 Å². The first-order valence-corrected chi connectivity index (χ1v) is 7.27. The molecule has 0 bridgehead atoms. The number of halogens is 1. The van der Waals surface area contributed by atoms with Gasteiger partial charge in [-0.05, 0) is 38.0 Å². The number of nitrogens with zero attached hydrogens (tertiary/aromatic N) is 1. The van der Waals surface area contributed by atoms with Gasteiger partial charge in [0.1, 0.15) is 0 Å². The Morgan fingerprint density at radius 2 is 2.22 bits per heavy atom. The van der Waals surface area contributed by atoms with Crippen LogP contribution in [0.15, 0.2) is 22.7 Å². The molecule has 1 saturated heterocycles. The number of hydrogen-bond donors (Lipinski definition) is 2. The maximum absolute atomic E-state index is 9.08. The Balaban J connectivity index is 2.13. The number of aliphatic hydroxyl groups excluding tert-OH is 1. The van der Waals surface area contributed by atoms with Crippen LogP contribution in [-0.4, -0.2) is 36.9 Å². The molecule has 0 radical (unpaired) electrons. The van der Waals surface area contributed by atoms with Crippen molar-refractivity contribution in [2.75, 3.05) is 24.6 Å². The largest absolute Gasteiger partial charge is 0.396 e. The Labute approximate surface area is 117 Å². The molecule has 100 valence electrons. The lowest BCUT2D eigenvalue weighted by Crippen LogP contribution is -2.55. The van der Waals surface area contributed by atoms with Crippen molar-refractivity contribution < 1.29 is 5.11 Å². The van der Waals surface area contributed by atoms with E-state index in [-0.39, 0.29) is 6.61 Å². The van der Waals surface area contributed by atoms with Crippen LogP contribution >= 0.6 is 15.9 Å². The van der Waals surface area contributed by atoms with E-state index in [1.54, 1.807) is 0 Å². The number of nitrogens with one attached hydrogen (secondary N) is 1. The standard InChI is InChI=1S/C14H21BrN2O/c1-10-3-4-13(7-14(10)15)17-8-11(2)16-12(9-17)5-6-18/h3-4,7,11-12,16,18H,5-6,8-9H2,1-2H3. The third-order valence-electron chi connectivity index (χ3n) is 3.45. The number of aryl methyl sites for hydroxylation is 1. The van der Waals surface area contributed by atoms with E-state index >= 15 is 0 Å². The van der Waals surface area contributed by atoms with Gasteiger partial charge >= 0.3 is 0 Å². The van der Waals surface area contributed by atoms with E-state index in [1.165, 1.54) is 11.3 Å². The van der Waals surface area contributed by atoms with E-state index in [1.807, 2.05) is 0 Å². The summed E-state index contributed by atoms with van der Waals surface area (Å²) in [5.41, 5.74) is 2.51. The summed E-state index contributed by atoms with van der Waals surface area (Å²) in [6, 6.07) is 7.33. The fourth-order valence-electron chi connectivity index (χ4n) is 2.50. The predicted molar refractivity (Wildman–Crippen MR) is 79.2 cm³/mol. The molecular weight excluding hydrogens is 292 g/mol. The minimum atomic E-state index is 0.246. The molecule has 1 aromatic rings. The number of benzene rings is 1. The molecule has 1 aromatic carbocycles. The van der Waals surface area contributed by atoms with Gasteiger partial charge in [0.25, 0.3) is 0 Å². The summed E-state index contributed by atoms with van der Waals surface area (Å²) in [5.74, 6) is 0. The zero-order chi connectivity index (χ0) is 13.1. The third-order valence-corrected chi connectivity index (χ3v) is 4.31. The number of aliphatic hydroxyl groups is 1. The Hall–Kier alpha value is -0.580. The topological polar surface area (TPSA) is 35.5 Å². The average Bonchev–Trinajstić information content (AvgIpc) is 2.32. The summed E-state index contributed by atoms with van der Waals surface area (Å²) in [6.45, 7) is 6.51. The molecule has 0 saturated carbocycles. The number of hydrogen-bond acceptors (Lipinski definition) is 3. The van der Waals surface area contributed by atoms with Crippen LogP contribution < -0.4 is 10.2 Å². The quantitative estimate of drug-likeness (QED) is 0.899. The molecule has 18 heavy (non-hydrogen) atoms. The molecular formula is C14H21BrN2O. The molecule has 0 spiro atoms. The van der Waals surface area contributed by atoms with Crippen LogP contribution in [0.3, 0.4) is 0 Å². The van der Waals surface area contributed by atoms with Crippen molar-refractivity contribution in [3.8, 4) is 0 Å². The molecule has 2 rings (SSSR count). The van der Waals surface area contributed by atoms with Gasteiger partial charge in [-0.3, -0.25) is 0 Å². The molecule has 1 heterocycles. The SMILES string of the molecule is Cc1ccc(N2CC(C)NC(CCO)C2)cc1Br. The van der Waals surface area contributed by atoms with Gasteiger partial charge in [0, 0.05) is 41.9 Å². The lowest BCUT2D eigenvalue weighted by Gasteiger charge is -2.39.